The van der Waals surface area contributed by atoms with Crippen LogP contribution in [0.3, 0.4) is 0 Å². The summed E-state index contributed by atoms with van der Waals surface area (Å²) in [6.07, 6.45) is 9.13. The Morgan fingerprint density at radius 3 is 2.56 bits per heavy atom. The highest BCUT2D eigenvalue weighted by Gasteiger charge is 2.37. The van der Waals surface area contributed by atoms with Crippen LogP contribution >= 0.6 is 0 Å². The lowest BCUT2D eigenvalue weighted by molar-refractivity contribution is 0.216. The van der Waals surface area contributed by atoms with Crippen molar-refractivity contribution in [3.8, 4) is 11.3 Å². The van der Waals surface area contributed by atoms with E-state index in [0.29, 0.717) is 0 Å². The molecule has 1 saturated carbocycles. The summed E-state index contributed by atoms with van der Waals surface area (Å²) in [7, 11) is 2.21. The summed E-state index contributed by atoms with van der Waals surface area (Å²) in [5.41, 5.74) is 9.30. The smallest absolute Gasteiger partial charge is 0.0780 e. The lowest BCUT2D eigenvalue weighted by Gasteiger charge is -2.34. The summed E-state index contributed by atoms with van der Waals surface area (Å²) in [4.78, 5) is 12.7. The molecule has 2 aliphatic carbocycles. The van der Waals surface area contributed by atoms with Gasteiger partial charge in [-0.1, -0.05) is 23.8 Å². The second kappa shape index (κ2) is 8.31. The first-order valence-corrected chi connectivity index (χ1v) is 12.6. The third-order valence-corrected chi connectivity index (χ3v) is 8.29. The van der Waals surface area contributed by atoms with Crippen molar-refractivity contribution in [3.05, 3.63) is 52.7 Å². The Hall–Kier alpha value is -2.17. The van der Waals surface area contributed by atoms with Crippen molar-refractivity contribution < 1.29 is 0 Å². The van der Waals surface area contributed by atoms with Crippen molar-refractivity contribution in [1.29, 1.82) is 0 Å². The quantitative estimate of drug-likeness (QED) is 0.693. The topological polar surface area (TPSA) is 22.6 Å². The van der Waals surface area contributed by atoms with Crippen LogP contribution in [-0.2, 0) is 6.42 Å². The minimum absolute atomic E-state index is 0.877. The standard InChI is InChI=1S/C28H36N4/c1-20-15-24-16-21(9-10-32-19-22-3-6-26(32)17-22)18-27(24)28(29-20)23-4-7-25(8-5-23)31-13-11-30(2)12-14-31/h4-5,7-8,15,18,22,26H,3,6,9-14,16-17,19H2,1-2H3. The summed E-state index contributed by atoms with van der Waals surface area (Å²) in [6, 6.07) is 12.3. The van der Waals surface area contributed by atoms with Gasteiger partial charge in [-0.05, 0) is 75.8 Å². The number of fused-ring (bicyclic) bond motifs is 3. The van der Waals surface area contributed by atoms with E-state index in [2.05, 4.69) is 65.1 Å². The van der Waals surface area contributed by atoms with E-state index in [1.807, 2.05) is 0 Å². The summed E-state index contributed by atoms with van der Waals surface area (Å²) < 4.78 is 0. The molecule has 4 aliphatic rings. The number of piperidine rings is 1. The molecule has 2 aromatic rings. The Morgan fingerprint density at radius 2 is 1.84 bits per heavy atom. The molecule has 2 saturated heterocycles. The number of hydrogen-bond donors (Lipinski definition) is 0. The molecule has 2 aliphatic heterocycles. The second-order valence-electron chi connectivity index (χ2n) is 10.6. The van der Waals surface area contributed by atoms with E-state index >= 15 is 0 Å². The maximum Gasteiger partial charge on any atom is 0.0780 e. The number of nitrogens with zero attached hydrogens (tertiary/aromatic N) is 4. The van der Waals surface area contributed by atoms with Gasteiger partial charge in [0, 0.05) is 67.8 Å². The van der Waals surface area contributed by atoms with Gasteiger partial charge in [-0.3, -0.25) is 9.88 Å². The number of anilines is 1. The van der Waals surface area contributed by atoms with Gasteiger partial charge in [0.05, 0.1) is 5.69 Å². The molecule has 0 amide bonds. The third kappa shape index (κ3) is 3.88. The zero-order valence-corrected chi connectivity index (χ0v) is 19.7. The van der Waals surface area contributed by atoms with Gasteiger partial charge in [-0.15, -0.1) is 0 Å². The van der Waals surface area contributed by atoms with Crippen LogP contribution < -0.4 is 4.90 Å². The molecule has 1 aromatic carbocycles. The van der Waals surface area contributed by atoms with Crippen LogP contribution in [0.15, 0.2) is 35.9 Å². The number of pyridine rings is 1. The van der Waals surface area contributed by atoms with Crippen LogP contribution in [0.2, 0.25) is 0 Å². The molecule has 2 atom stereocenters. The predicted octanol–water partition coefficient (Wildman–Crippen LogP) is 4.62. The molecule has 0 radical (unpaired) electrons. The van der Waals surface area contributed by atoms with Gasteiger partial charge >= 0.3 is 0 Å². The lowest BCUT2D eigenvalue weighted by Crippen LogP contribution is -2.44. The first-order valence-electron chi connectivity index (χ1n) is 12.6. The number of aryl methyl sites for hydroxylation is 1. The highest BCUT2D eigenvalue weighted by atomic mass is 15.2. The molecule has 4 heteroatoms. The molecule has 2 unspecified atom stereocenters. The van der Waals surface area contributed by atoms with E-state index < -0.39 is 0 Å². The van der Waals surface area contributed by atoms with Crippen molar-refractivity contribution in [2.45, 2.75) is 45.1 Å². The molecular weight excluding hydrogens is 392 g/mol. The van der Waals surface area contributed by atoms with Crippen molar-refractivity contribution in [2.24, 2.45) is 5.92 Å². The van der Waals surface area contributed by atoms with Gasteiger partial charge in [0.1, 0.15) is 0 Å². The zero-order valence-electron chi connectivity index (χ0n) is 19.7. The van der Waals surface area contributed by atoms with Crippen LogP contribution in [0, 0.1) is 12.8 Å². The number of likely N-dealkylation sites (tertiary alicyclic amines) is 1. The number of benzene rings is 1. The predicted molar refractivity (Wildman–Crippen MR) is 133 cm³/mol. The molecule has 6 rings (SSSR count). The second-order valence-corrected chi connectivity index (χ2v) is 10.6. The molecule has 0 N–H and O–H groups in total. The molecule has 3 heterocycles. The summed E-state index contributed by atoms with van der Waals surface area (Å²) in [5, 5.41) is 0. The van der Waals surface area contributed by atoms with E-state index in [0.717, 1.165) is 50.3 Å². The lowest BCUT2D eigenvalue weighted by atomic mass is 10.0. The number of hydrogen-bond acceptors (Lipinski definition) is 4. The van der Waals surface area contributed by atoms with E-state index in [1.165, 1.54) is 66.8 Å². The molecule has 0 spiro atoms. The van der Waals surface area contributed by atoms with Crippen molar-refractivity contribution in [1.82, 2.24) is 14.8 Å². The average molecular weight is 429 g/mol. The molecule has 2 bridgehead atoms. The molecule has 1 aromatic heterocycles. The fraction of sp³-hybridized carbons (Fsp3) is 0.536. The first-order chi connectivity index (χ1) is 15.6. The fourth-order valence-corrected chi connectivity index (χ4v) is 6.42. The van der Waals surface area contributed by atoms with Crippen LogP contribution in [0.1, 0.15) is 42.5 Å². The van der Waals surface area contributed by atoms with E-state index in [9.17, 15) is 0 Å². The van der Waals surface area contributed by atoms with Gasteiger partial charge in [-0.25, -0.2) is 0 Å². The summed E-state index contributed by atoms with van der Waals surface area (Å²) >= 11 is 0. The minimum atomic E-state index is 0.877. The Balaban J connectivity index is 1.19. The number of aromatic nitrogens is 1. The Labute approximate surface area is 192 Å². The summed E-state index contributed by atoms with van der Waals surface area (Å²) in [6.45, 7) is 9.22. The zero-order chi connectivity index (χ0) is 21.7. The molecule has 32 heavy (non-hydrogen) atoms. The van der Waals surface area contributed by atoms with Gasteiger partial charge < -0.3 is 9.80 Å². The van der Waals surface area contributed by atoms with Gasteiger partial charge in [0.2, 0.25) is 0 Å². The highest BCUT2D eigenvalue weighted by molar-refractivity contribution is 5.79. The first kappa shape index (κ1) is 20.4. The fourth-order valence-electron chi connectivity index (χ4n) is 6.42. The van der Waals surface area contributed by atoms with Gasteiger partial charge in [0.15, 0.2) is 0 Å². The van der Waals surface area contributed by atoms with Crippen molar-refractivity contribution >= 4 is 11.8 Å². The normalized spacial score (nSPS) is 25.4. The highest BCUT2D eigenvalue weighted by Crippen LogP contribution is 2.39. The van der Waals surface area contributed by atoms with E-state index in [4.69, 9.17) is 4.98 Å². The number of rotatable bonds is 5. The average Bonchev–Trinajstić information content (AvgIpc) is 3.53. The third-order valence-electron chi connectivity index (χ3n) is 8.29. The van der Waals surface area contributed by atoms with Crippen LogP contribution in [-0.4, -0.2) is 67.1 Å². The summed E-state index contributed by atoms with van der Waals surface area (Å²) in [5.74, 6) is 0.988. The van der Waals surface area contributed by atoms with Crippen molar-refractivity contribution in [2.75, 3.05) is 51.2 Å². The molecule has 168 valence electrons. The van der Waals surface area contributed by atoms with Gasteiger partial charge in [-0.2, -0.15) is 0 Å². The largest absolute Gasteiger partial charge is 0.369 e. The Morgan fingerprint density at radius 1 is 1.03 bits per heavy atom. The van der Waals surface area contributed by atoms with Gasteiger partial charge in [0.25, 0.3) is 0 Å². The van der Waals surface area contributed by atoms with Crippen LogP contribution in [0.5, 0.6) is 0 Å². The maximum atomic E-state index is 5.00. The molecule has 4 nitrogen and oxygen atoms in total. The Bertz CT molecular complexity index is 1020. The van der Waals surface area contributed by atoms with E-state index in [-0.39, 0.29) is 0 Å². The molecule has 3 fully saturated rings. The minimum Gasteiger partial charge on any atom is -0.369 e. The number of piperazine rings is 1. The molecular formula is C28H36N4. The van der Waals surface area contributed by atoms with Crippen molar-refractivity contribution in [3.63, 3.8) is 0 Å². The van der Waals surface area contributed by atoms with Crippen LogP contribution in [0.4, 0.5) is 5.69 Å². The van der Waals surface area contributed by atoms with Crippen LogP contribution in [0.25, 0.3) is 17.3 Å². The SMILES string of the molecule is Cc1cc2c(c(-c3ccc(N4CCN(C)CC4)cc3)n1)C=C(CCN1CC3CCC1C3)C2. The maximum absolute atomic E-state index is 5.00. The van der Waals surface area contributed by atoms with E-state index in [1.54, 1.807) is 5.57 Å². The monoisotopic (exact) mass is 428 g/mol. The Kier molecular flexibility index (Phi) is 5.31. The number of likely N-dealkylation sites (N-methyl/N-ethyl adjacent to an activating group) is 1.